The van der Waals surface area contributed by atoms with Crippen molar-refractivity contribution in [3.63, 3.8) is 0 Å². The summed E-state index contributed by atoms with van der Waals surface area (Å²) in [5.74, 6) is -1.59. The molecule has 0 aliphatic rings. The number of nitrogens with two attached hydrogens (primary N) is 1. The number of urea groups is 1. The highest BCUT2D eigenvalue weighted by molar-refractivity contribution is 6.14. The van der Waals surface area contributed by atoms with Gasteiger partial charge < -0.3 is 11.1 Å². The maximum atomic E-state index is 14.2. The number of nitrogens with zero attached hydrogens (tertiary/aromatic N) is 2. The summed E-state index contributed by atoms with van der Waals surface area (Å²) in [7, 11) is 1.54. The predicted molar refractivity (Wildman–Crippen MR) is 95.7 cm³/mol. The fourth-order valence-corrected chi connectivity index (χ4v) is 1.72. The van der Waals surface area contributed by atoms with Crippen LogP contribution in [0.5, 0.6) is 0 Å². The van der Waals surface area contributed by atoms with Gasteiger partial charge >= 0.3 is 6.03 Å². The van der Waals surface area contributed by atoms with Crippen LogP contribution in [-0.4, -0.2) is 31.4 Å². The molecule has 0 fully saturated rings. The number of allylic oxidation sites excluding steroid dienone is 7. The van der Waals surface area contributed by atoms with Crippen molar-refractivity contribution in [2.24, 2.45) is 15.7 Å². The normalized spacial score (nSPS) is 14.9. The Balaban J connectivity index is 6.09. The van der Waals surface area contributed by atoms with Crippen molar-refractivity contribution in [1.29, 1.82) is 0 Å². The summed E-state index contributed by atoms with van der Waals surface area (Å²) in [5, 5.41) is 2.53. The van der Waals surface area contributed by atoms with Gasteiger partial charge in [0, 0.05) is 23.9 Å². The van der Waals surface area contributed by atoms with E-state index < -0.39 is 17.8 Å². The Kier molecular flexibility index (Phi) is 8.86. The van der Waals surface area contributed by atoms with Gasteiger partial charge in [-0.25, -0.2) is 14.2 Å². The van der Waals surface area contributed by atoms with Gasteiger partial charge in [0.2, 0.25) is 5.91 Å². The molecule has 0 rings (SSSR count). The number of primary amides is 1. The Hall–Kier alpha value is -2.83. The predicted octanol–water partition coefficient (Wildman–Crippen LogP) is 2.99. The molecule has 24 heavy (non-hydrogen) atoms. The number of hydrogen-bond donors (Lipinski definition) is 2. The zero-order chi connectivity index (χ0) is 18.9. The first-order valence-electron chi connectivity index (χ1n) is 7.12. The van der Waals surface area contributed by atoms with Crippen molar-refractivity contribution in [2.45, 2.75) is 27.7 Å². The van der Waals surface area contributed by atoms with Gasteiger partial charge in [0.15, 0.2) is 0 Å². The molecule has 7 heteroatoms. The third-order valence-electron chi connectivity index (χ3n) is 3.21. The summed E-state index contributed by atoms with van der Waals surface area (Å²) in [4.78, 5) is 29.8. The van der Waals surface area contributed by atoms with E-state index in [1.165, 1.54) is 13.0 Å². The summed E-state index contributed by atoms with van der Waals surface area (Å²) < 4.78 is 14.2. The minimum absolute atomic E-state index is 0.185. The van der Waals surface area contributed by atoms with E-state index in [9.17, 15) is 14.0 Å². The summed E-state index contributed by atoms with van der Waals surface area (Å²) in [6, 6.07) is -0.602. The second-order valence-corrected chi connectivity index (χ2v) is 4.85. The zero-order valence-corrected chi connectivity index (χ0v) is 14.6. The molecule has 0 bridgehead atoms. The third kappa shape index (κ3) is 6.12. The molecule has 0 saturated carbocycles. The molecule has 6 nitrogen and oxygen atoms in total. The molecule has 0 saturated heterocycles. The number of nitrogens with one attached hydrogen (secondary N) is 1. The van der Waals surface area contributed by atoms with Crippen LogP contribution in [0.15, 0.2) is 56.5 Å². The van der Waals surface area contributed by atoms with Gasteiger partial charge in [-0.2, -0.15) is 0 Å². The summed E-state index contributed by atoms with van der Waals surface area (Å²) >= 11 is 0. The minimum Gasteiger partial charge on any atom is -0.366 e. The van der Waals surface area contributed by atoms with Crippen LogP contribution in [0.1, 0.15) is 27.7 Å². The molecule has 3 amide bonds. The molecule has 0 spiro atoms. The standard InChI is InChI=1S/C17H23FN4O2/c1-7-8-13(9-14(18)11(3)16(19)23)15(20-5)10(2)12(4)22-17(24)21-6/h7-9H,6H2,1-5H3,(H2,19,23)(H,22,24)/b8-7-,12-10+,13-9+,14-11-,20-15?. The largest absolute Gasteiger partial charge is 0.366 e. The molecule has 0 aromatic rings. The maximum absolute atomic E-state index is 14.2. The van der Waals surface area contributed by atoms with Crippen LogP contribution >= 0.6 is 0 Å². The number of hydrogen-bond acceptors (Lipinski definition) is 3. The van der Waals surface area contributed by atoms with E-state index >= 15 is 0 Å². The lowest BCUT2D eigenvalue weighted by Gasteiger charge is -2.12. The molecule has 0 atom stereocenters. The number of aliphatic imine (C=N–C) groups is 2. The molecule has 130 valence electrons. The molecular weight excluding hydrogens is 311 g/mol. The average molecular weight is 334 g/mol. The molecule has 3 N–H and O–H groups in total. The number of carbonyl (C=O) groups excluding carboxylic acids is 2. The summed E-state index contributed by atoms with van der Waals surface area (Å²) in [6.45, 7) is 9.59. The molecular formula is C17H23FN4O2. The van der Waals surface area contributed by atoms with Crippen molar-refractivity contribution in [1.82, 2.24) is 5.32 Å². The van der Waals surface area contributed by atoms with Crippen molar-refractivity contribution in [3.05, 3.63) is 46.5 Å². The molecule has 0 radical (unpaired) electrons. The smallest absolute Gasteiger partial charge is 0.344 e. The molecule has 0 aromatic carbocycles. The fourth-order valence-electron chi connectivity index (χ4n) is 1.72. The number of rotatable bonds is 6. The van der Waals surface area contributed by atoms with Crippen LogP contribution in [0.3, 0.4) is 0 Å². The van der Waals surface area contributed by atoms with Crippen LogP contribution in [0.25, 0.3) is 0 Å². The number of amides is 3. The number of halogens is 1. The van der Waals surface area contributed by atoms with E-state index in [0.717, 1.165) is 0 Å². The quantitative estimate of drug-likeness (QED) is 0.443. The second-order valence-electron chi connectivity index (χ2n) is 4.85. The van der Waals surface area contributed by atoms with Crippen molar-refractivity contribution < 1.29 is 14.0 Å². The fraction of sp³-hybridized carbons (Fsp3) is 0.294. The van der Waals surface area contributed by atoms with E-state index in [-0.39, 0.29) is 5.57 Å². The van der Waals surface area contributed by atoms with E-state index in [4.69, 9.17) is 5.73 Å². The summed E-state index contributed by atoms with van der Waals surface area (Å²) in [6.07, 6.45) is 4.52. The van der Waals surface area contributed by atoms with Crippen molar-refractivity contribution in [3.8, 4) is 0 Å². The lowest BCUT2D eigenvalue weighted by Crippen LogP contribution is -2.20. The van der Waals surface area contributed by atoms with Crippen LogP contribution in [0.4, 0.5) is 9.18 Å². The van der Waals surface area contributed by atoms with Gasteiger partial charge in [-0.15, -0.1) is 0 Å². The van der Waals surface area contributed by atoms with Crippen LogP contribution < -0.4 is 11.1 Å². The number of carbonyl (C=O) groups is 2. The van der Waals surface area contributed by atoms with Crippen LogP contribution in [0, 0.1) is 0 Å². The van der Waals surface area contributed by atoms with E-state index in [1.807, 2.05) is 0 Å². The average Bonchev–Trinajstić information content (AvgIpc) is 2.54. The Morgan fingerprint density at radius 3 is 2.21 bits per heavy atom. The van der Waals surface area contributed by atoms with E-state index in [1.54, 1.807) is 40.0 Å². The van der Waals surface area contributed by atoms with Gasteiger partial charge in [0.1, 0.15) is 5.83 Å². The highest BCUT2D eigenvalue weighted by Crippen LogP contribution is 2.17. The topological polar surface area (TPSA) is 96.9 Å². The summed E-state index contributed by atoms with van der Waals surface area (Å²) in [5.41, 5.74) is 6.89. The van der Waals surface area contributed by atoms with Crippen LogP contribution in [-0.2, 0) is 4.79 Å². The highest BCUT2D eigenvalue weighted by atomic mass is 19.1. The van der Waals surface area contributed by atoms with Crippen molar-refractivity contribution in [2.75, 3.05) is 7.05 Å². The van der Waals surface area contributed by atoms with Crippen molar-refractivity contribution >= 4 is 24.4 Å². The van der Waals surface area contributed by atoms with Gasteiger partial charge in [0.05, 0.1) is 5.71 Å². The SMILES string of the molecule is C=NC(=O)N/C(C)=C(\C)C(=NC)C(/C=C\C)=C/C(F)=C(\C)C(N)=O. The molecule has 0 unspecified atom stereocenters. The zero-order valence-electron chi connectivity index (χ0n) is 14.6. The molecule has 0 aliphatic carbocycles. The Labute approximate surface area is 141 Å². The van der Waals surface area contributed by atoms with Crippen LogP contribution in [0.2, 0.25) is 0 Å². The lowest BCUT2D eigenvalue weighted by molar-refractivity contribution is -0.114. The third-order valence-corrected chi connectivity index (χ3v) is 3.21. The molecule has 0 aliphatic heterocycles. The first-order chi connectivity index (χ1) is 11.2. The molecule has 0 heterocycles. The maximum Gasteiger partial charge on any atom is 0.344 e. The first kappa shape index (κ1) is 21.2. The lowest BCUT2D eigenvalue weighted by atomic mass is 10.00. The Morgan fingerprint density at radius 1 is 1.21 bits per heavy atom. The van der Waals surface area contributed by atoms with Gasteiger partial charge in [-0.3, -0.25) is 9.79 Å². The van der Waals surface area contributed by atoms with E-state index in [0.29, 0.717) is 22.6 Å². The Bertz CT molecular complexity index is 683. The van der Waals surface area contributed by atoms with Gasteiger partial charge in [-0.05, 0) is 46.1 Å². The minimum atomic E-state index is -0.841. The Morgan fingerprint density at radius 2 is 1.79 bits per heavy atom. The van der Waals surface area contributed by atoms with Gasteiger partial charge in [0.25, 0.3) is 0 Å². The molecule has 0 aromatic heterocycles. The first-order valence-corrected chi connectivity index (χ1v) is 7.12. The van der Waals surface area contributed by atoms with E-state index in [2.05, 4.69) is 22.0 Å². The monoisotopic (exact) mass is 334 g/mol. The van der Waals surface area contributed by atoms with Gasteiger partial charge in [-0.1, -0.05) is 12.2 Å². The highest BCUT2D eigenvalue weighted by Gasteiger charge is 2.13. The second kappa shape index (κ2) is 10.0.